The van der Waals surface area contributed by atoms with Gasteiger partial charge in [0.15, 0.2) is 12.1 Å². The number of alkyl carbamates (subject to hydrolysis) is 2. The highest BCUT2D eigenvalue weighted by molar-refractivity contribution is 5.83. The fourth-order valence-electron chi connectivity index (χ4n) is 4.12. The minimum absolute atomic E-state index is 0. The maximum absolute atomic E-state index is 12.6. The lowest BCUT2D eigenvalue weighted by molar-refractivity contribution is -0.153. The van der Waals surface area contributed by atoms with E-state index in [0.29, 0.717) is 11.1 Å². The van der Waals surface area contributed by atoms with Crippen molar-refractivity contribution in [2.24, 2.45) is 0 Å². The number of carboxylic acid groups (broad SMARTS) is 1. The standard InChI is InChI=1S/C19H27NO4.C13H17NO4.CH4/c1-19(2,3)24-18(22)20-16(14-10-6-4-7-11-14)17(21)23-15-12-8-5-9-13-15;1-13(2,3)18-12(17)14-10(11(15)16)9-7-5-4-6-8-9;/h4,6-7,10-11,15-16H,5,8-9,12-13H2,1-3H3,(H,20,22);4-8,10H,1-3H3,(H,14,17)(H,15,16);1H4. The Morgan fingerprint density at radius 2 is 1.09 bits per heavy atom. The lowest BCUT2D eigenvalue weighted by Crippen LogP contribution is -2.39. The van der Waals surface area contributed by atoms with E-state index in [9.17, 15) is 19.2 Å². The molecule has 0 spiro atoms. The molecule has 0 radical (unpaired) electrons. The Balaban J connectivity index is 0.000000438. The van der Waals surface area contributed by atoms with Crippen molar-refractivity contribution in [2.45, 2.75) is 110 Å². The van der Waals surface area contributed by atoms with Crippen LogP contribution in [0.15, 0.2) is 60.7 Å². The summed E-state index contributed by atoms with van der Waals surface area (Å²) in [6.45, 7) is 10.5. The van der Waals surface area contributed by atoms with Crippen molar-refractivity contribution >= 4 is 24.1 Å². The van der Waals surface area contributed by atoms with Gasteiger partial charge in [0, 0.05) is 0 Å². The van der Waals surface area contributed by atoms with Crippen LogP contribution in [-0.4, -0.2) is 46.5 Å². The van der Waals surface area contributed by atoms with Crippen LogP contribution in [0.3, 0.4) is 0 Å². The van der Waals surface area contributed by atoms with Gasteiger partial charge in [-0.2, -0.15) is 0 Å². The first-order valence-corrected chi connectivity index (χ1v) is 14.2. The molecule has 2 aromatic carbocycles. The van der Waals surface area contributed by atoms with Gasteiger partial charge in [-0.05, 0) is 78.4 Å². The molecule has 1 aliphatic rings. The normalized spacial score (nSPS) is 14.7. The largest absolute Gasteiger partial charge is 0.479 e. The number of amides is 2. The van der Waals surface area contributed by atoms with Gasteiger partial charge in [0.1, 0.15) is 17.3 Å². The van der Waals surface area contributed by atoms with Gasteiger partial charge >= 0.3 is 24.1 Å². The molecular formula is C33H48N2O8. The van der Waals surface area contributed by atoms with Gasteiger partial charge in [-0.15, -0.1) is 0 Å². The summed E-state index contributed by atoms with van der Waals surface area (Å²) in [5.41, 5.74) is -0.109. The zero-order valence-corrected chi connectivity index (χ0v) is 25.3. The Hall–Kier alpha value is -4.08. The lowest BCUT2D eigenvalue weighted by Gasteiger charge is -2.26. The Kier molecular flexibility index (Phi) is 14.7. The Morgan fingerprint density at radius 1 is 0.698 bits per heavy atom. The fraction of sp³-hybridized carbons (Fsp3) is 0.515. The minimum atomic E-state index is -1.13. The molecule has 0 saturated heterocycles. The summed E-state index contributed by atoms with van der Waals surface area (Å²) < 4.78 is 15.9. The predicted molar refractivity (Wildman–Crippen MR) is 164 cm³/mol. The third-order valence-electron chi connectivity index (χ3n) is 5.91. The number of rotatable bonds is 7. The molecular weight excluding hydrogens is 552 g/mol. The van der Waals surface area contributed by atoms with E-state index in [4.69, 9.17) is 19.3 Å². The number of nitrogens with one attached hydrogen (secondary N) is 2. The molecule has 2 amide bonds. The molecule has 43 heavy (non-hydrogen) atoms. The zero-order chi connectivity index (χ0) is 31.3. The number of hydrogen-bond acceptors (Lipinski definition) is 7. The topological polar surface area (TPSA) is 140 Å². The zero-order valence-electron chi connectivity index (χ0n) is 25.3. The summed E-state index contributed by atoms with van der Waals surface area (Å²) in [5.74, 6) is -1.56. The van der Waals surface area contributed by atoms with Crippen molar-refractivity contribution in [3.05, 3.63) is 71.8 Å². The van der Waals surface area contributed by atoms with E-state index in [1.165, 1.54) is 6.42 Å². The van der Waals surface area contributed by atoms with Crippen LogP contribution < -0.4 is 10.6 Å². The number of esters is 1. The van der Waals surface area contributed by atoms with E-state index in [1.54, 1.807) is 84.0 Å². The van der Waals surface area contributed by atoms with Crippen LogP contribution in [0.4, 0.5) is 9.59 Å². The van der Waals surface area contributed by atoms with E-state index in [2.05, 4.69) is 10.6 Å². The average Bonchev–Trinajstić information content (AvgIpc) is 2.90. The van der Waals surface area contributed by atoms with Crippen molar-refractivity contribution in [2.75, 3.05) is 0 Å². The number of carbonyl (C=O) groups excluding carboxylic acids is 3. The summed E-state index contributed by atoms with van der Waals surface area (Å²) in [7, 11) is 0. The van der Waals surface area contributed by atoms with Crippen molar-refractivity contribution in [3.8, 4) is 0 Å². The first-order valence-electron chi connectivity index (χ1n) is 14.2. The SMILES string of the molecule is C.CC(C)(C)OC(=O)NC(C(=O)O)c1ccccc1.CC(C)(C)OC(=O)NC(C(=O)OC1CCCCC1)c1ccccc1. The van der Waals surface area contributed by atoms with Crippen molar-refractivity contribution in [1.29, 1.82) is 0 Å². The molecule has 0 aromatic heterocycles. The van der Waals surface area contributed by atoms with Gasteiger partial charge in [0.05, 0.1) is 0 Å². The van der Waals surface area contributed by atoms with Crippen molar-refractivity contribution < 1.29 is 38.5 Å². The number of ether oxygens (including phenoxy) is 3. The molecule has 3 rings (SSSR count). The highest BCUT2D eigenvalue weighted by atomic mass is 16.6. The number of benzene rings is 2. The van der Waals surface area contributed by atoms with Gasteiger partial charge in [-0.1, -0.05) is 74.5 Å². The first kappa shape index (κ1) is 36.9. The van der Waals surface area contributed by atoms with Crippen molar-refractivity contribution in [1.82, 2.24) is 10.6 Å². The Morgan fingerprint density at radius 3 is 1.49 bits per heavy atom. The van der Waals surface area contributed by atoms with Gasteiger partial charge in [0.25, 0.3) is 0 Å². The molecule has 2 unspecified atom stereocenters. The number of hydrogen-bond donors (Lipinski definition) is 3. The predicted octanol–water partition coefficient (Wildman–Crippen LogP) is 7.10. The van der Waals surface area contributed by atoms with E-state index in [1.807, 2.05) is 18.2 Å². The first-order chi connectivity index (χ1) is 19.6. The third kappa shape index (κ3) is 14.6. The van der Waals surface area contributed by atoms with Gasteiger partial charge < -0.3 is 30.0 Å². The monoisotopic (exact) mass is 600 g/mol. The molecule has 2 aromatic rings. The fourth-order valence-corrected chi connectivity index (χ4v) is 4.12. The van der Waals surface area contributed by atoms with E-state index >= 15 is 0 Å². The molecule has 1 fully saturated rings. The Labute approximate surface area is 255 Å². The van der Waals surface area contributed by atoms with Crippen LogP contribution in [-0.2, 0) is 23.8 Å². The highest BCUT2D eigenvalue weighted by Gasteiger charge is 2.29. The molecule has 0 aliphatic heterocycles. The second kappa shape index (κ2) is 17.1. The lowest BCUT2D eigenvalue weighted by atomic mass is 9.97. The van der Waals surface area contributed by atoms with Crippen molar-refractivity contribution in [3.63, 3.8) is 0 Å². The molecule has 10 nitrogen and oxygen atoms in total. The second-order valence-electron chi connectivity index (χ2n) is 12.0. The molecule has 238 valence electrons. The summed E-state index contributed by atoms with van der Waals surface area (Å²) in [6.07, 6.45) is 3.68. The van der Waals surface area contributed by atoms with E-state index in [-0.39, 0.29) is 13.5 Å². The molecule has 0 heterocycles. The van der Waals surface area contributed by atoms with Gasteiger partial charge in [0.2, 0.25) is 0 Å². The summed E-state index contributed by atoms with van der Waals surface area (Å²) in [4.78, 5) is 47.4. The molecule has 0 bridgehead atoms. The maximum atomic E-state index is 12.6. The molecule has 3 N–H and O–H groups in total. The van der Waals surface area contributed by atoms with E-state index < -0.39 is 47.4 Å². The smallest absolute Gasteiger partial charge is 0.408 e. The number of aliphatic carboxylic acids is 1. The van der Waals surface area contributed by atoms with Crippen LogP contribution in [0.5, 0.6) is 0 Å². The highest BCUT2D eigenvalue weighted by Crippen LogP contribution is 2.24. The quantitative estimate of drug-likeness (QED) is 0.226. The van der Waals surface area contributed by atoms with Crippen LogP contribution in [0, 0.1) is 0 Å². The summed E-state index contributed by atoms with van der Waals surface area (Å²) in [5, 5.41) is 14.1. The summed E-state index contributed by atoms with van der Waals surface area (Å²) >= 11 is 0. The van der Waals surface area contributed by atoms with Crippen LogP contribution in [0.1, 0.15) is 104 Å². The minimum Gasteiger partial charge on any atom is -0.479 e. The second-order valence-corrected chi connectivity index (χ2v) is 12.0. The third-order valence-corrected chi connectivity index (χ3v) is 5.91. The van der Waals surface area contributed by atoms with Crippen LogP contribution in [0.2, 0.25) is 0 Å². The van der Waals surface area contributed by atoms with Crippen LogP contribution >= 0.6 is 0 Å². The maximum Gasteiger partial charge on any atom is 0.408 e. The number of carbonyl (C=O) groups is 4. The molecule has 10 heteroatoms. The van der Waals surface area contributed by atoms with Gasteiger partial charge in [-0.25, -0.2) is 19.2 Å². The number of carboxylic acids is 1. The molecule has 2 atom stereocenters. The summed E-state index contributed by atoms with van der Waals surface area (Å²) in [6, 6.07) is 15.6. The molecule has 1 aliphatic carbocycles. The molecule has 1 saturated carbocycles. The Bertz CT molecular complexity index is 1150. The average molecular weight is 601 g/mol. The van der Waals surface area contributed by atoms with Crippen LogP contribution in [0.25, 0.3) is 0 Å². The van der Waals surface area contributed by atoms with Gasteiger partial charge in [-0.3, -0.25) is 0 Å². The van der Waals surface area contributed by atoms with E-state index in [0.717, 1.165) is 25.7 Å².